The summed E-state index contributed by atoms with van der Waals surface area (Å²) in [5, 5.41) is 0. The van der Waals surface area contributed by atoms with Crippen LogP contribution in [0.2, 0.25) is 0 Å². The number of nitrogens with zero attached hydrogens (tertiary/aromatic N) is 1. The number of hydrogen-bond donors (Lipinski definition) is 0. The zero-order chi connectivity index (χ0) is 8.48. The lowest BCUT2D eigenvalue weighted by molar-refractivity contribution is -0.127. The minimum atomic E-state index is -0.0213. The van der Waals surface area contributed by atoms with E-state index < -0.39 is 0 Å². The van der Waals surface area contributed by atoms with E-state index in [0.717, 1.165) is 25.9 Å². The van der Waals surface area contributed by atoms with E-state index in [9.17, 15) is 4.79 Å². The zero-order valence-electron chi connectivity index (χ0n) is 7.68. The first-order valence-corrected chi connectivity index (χ1v) is 4.24. The molecule has 0 aliphatic carbocycles. The molecule has 0 aromatic rings. The predicted molar refractivity (Wildman–Crippen MR) is 45.5 cm³/mol. The van der Waals surface area contributed by atoms with Gasteiger partial charge in [-0.1, -0.05) is 6.92 Å². The van der Waals surface area contributed by atoms with Gasteiger partial charge in [0, 0.05) is 5.41 Å². The Kier molecular flexibility index (Phi) is 2.33. The summed E-state index contributed by atoms with van der Waals surface area (Å²) < 4.78 is 0. The summed E-state index contributed by atoms with van der Waals surface area (Å²) in [5.74, 6) is 0.352. The SMILES string of the molecule is CC(=O)C1(C)CCN(C)CC1. The highest BCUT2D eigenvalue weighted by atomic mass is 16.1. The van der Waals surface area contributed by atoms with Crippen LogP contribution < -0.4 is 0 Å². The molecule has 2 nitrogen and oxygen atoms in total. The highest BCUT2D eigenvalue weighted by Gasteiger charge is 2.32. The molecule has 2 heteroatoms. The fraction of sp³-hybridized carbons (Fsp3) is 0.889. The fourth-order valence-corrected chi connectivity index (χ4v) is 1.46. The van der Waals surface area contributed by atoms with Crippen LogP contribution >= 0.6 is 0 Å². The summed E-state index contributed by atoms with van der Waals surface area (Å²) in [4.78, 5) is 13.5. The van der Waals surface area contributed by atoms with Gasteiger partial charge in [-0.2, -0.15) is 0 Å². The minimum absolute atomic E-state index is 0.0213. The number of Topliss-reactive ketones (excluding diaryl/α,β-unsaturated/α-hetero) is 1. The lowest BCUT2D eigenvalue weighted by Gasteiger charge is -2.35. The molecule has 1 saturated heterocycles. The minimum Gasteiger partial charge on any atom is -0.306 e. The summed E-state index contributed by atoms with van der Waals surface area (Å²) in [7, 11) is 2.11. The molecular weight excluding hydrogens is 138 g/mol. The highest BCUT2D eigenvalue weighted by Crippen LogP contribution is 2.30. The van der Waals surface area contributed by atoms with Gasteiger partial charge in [-0.05, 0) is 39.9 Å². The van der Waals surface area contributed by atoms with Crippen molar-refractivity contribution < 1.29 is 4.79 Å². The fourth-order valence-electron chi connectivity index (χ4n) is 1.46. The third kappa shape index (κ3) is 1.80. The second-order valence-corrected chi connectivity index (χ2v) is 3.92. The Morgan fingerprint density at radius 3 is 2.18 bits per heavy atom. The lowest BCUT2D eigenvalue weighted by atomic mass is 9.77. The Bertz CT molecular complexity index is 157. The standard InChI is InChI=1S/C9H17NO/c1-8(11)9(2)4-6-10(3)7-5-9/h4-7H2,1-3H3. The number of rotatable bonds is 1. The Balaban J connectivity index is 2.55. The molecule has 0 saturated carbocycles. The largest absolute Gasteiger partial charge is 0.306 e. The van der Waals surface area contributed by atoms with Crippen LogP contribution in [0.4, 0.5) is 0 Å². The molecule has 0 bridgehead atoms. The van der Waals surface area contributed by atoms with Crippen LogP contribution in [0.15, 0.2) is 0 Å². The van der Waals surface area contributed by atoms with Gasteiger partial charge < -0.3 is 4.90 Å². The van der Waals surface area contributed by atoms with E-state index in [2.05, 4.69) is 18.9 Å². The first-order valence-electron chi connectivity index (χ1n) is 4.24. The van der Waals surface area contributed by atoms with Crippen molar-refractivity contribution in [2.75, 3.05) is 20.1 Å². The van der Waals surface area contributed by atoms with E-state index in [4.69, 9.17) is 0 Å². The van der Waals surface area contributed by atoms with Crippen molar-refractivity contribution in [2.24, 2.45) is 5.41 Å². The van der Waals surface area contributed by atoms with E-state index in [0.29, 0.717) is 5.78 Å². The van der Waals surface area contributed by atoms with Crippen LogP contribution in [0.3, 0.4) is 0 Å². The van der Waals surface area contributed by atoms with Gasteiger partial charge >= 0.3 is 0 Å². The number of likely N-dealkylation sites (tertiary alicyclic amines) is 1. The van der Waals surface area contributed by atoms with Gasteiger partial charge in [0.05, 0.1) is 0 Å². The van der Waals surface area contributed by atoms with Gasteiger partial charge in [0.15, 0.2) is 0 Å². The normalized spacial score (nSPS) is 25.0. The molecule has 0 radical (unpaired) electrons. The van der Waals surface area contributed by atoms with Crippen molar-refractivity contribution in [3.63, 3.8) is 0 Å². The maximum atomic E-state index is 11.2. The average molecular weight is 155 g/mol. The molecule has 0 spiro atoms. The molecule has 0 unspecified atom stereocenters. The van der Waals surface area contributed by atoms with Gasteiger partial charge in [0.25, 0.3) is 0 Å². The zero-order valence-corrected chi connectivity index (χ0v) is 7.68. The molecule has 0 aromatic carbocycles. The Morgan fingerprint density at radius 2 is 1.82 bits per heavy atom. The molecule has 1 fully saturated rings. The van der Waals surface area contributed by atoms with Crippen molar-refractivity contribution in [3.8, 4) is 0 Å². The van der Waals surface area contributed by atoms with Crippen molar-refractivity contribution in [2.45, 2.75) is 26.7 Å². The van der Waals surface area contributed by atoms with Crippen LogP contribution in [0.5, 0.6) is 0 Å². The number of ketones is 1. The van der Waals surface area contributed by atoms with Gasteiger partial charge in [0.2, 0.25) is 0 Å². The van der Waals surface area contributed by atoms with Crippen LogP contribution in [-0.4, -0.2) is 30.8 Å². The summed E-state index contributed by atoms with van der Waals surface area (Å²) in [6, 6.07) is 0. The summed E-state index contributed by atoms with van der Waals surface area (Å²) in [6.07, 6.45) is 2.05. The first-order chi connectivity index (χ1) is 5.04. The average Bonchev–Trinajstić information content (AvgIpc) is 1.95. The summed E-state index contributed by atoms with van der Waals surface area (Å²) >= 11 is 0. The van der Waals surface area contributed by atoms with E-state index in [1.165, 1.54) is 0 Å². The maximum Gasteiger partial charge on any atom is 0.135 e. The smallest absolute Gasteiger partial charge is 0.135 e. The van der Waals surface area contributed by atoms with Crippen LogP contribution in [0, 0.1) is 5.41 Å². The number of hydrogen-bond acceptors (Lipinski definition) is 2. The number of piperidine rings is 1. The molecular formula is C9H17NO. The van der Waals surface area contributed by atoms with E-state index >= 15 is 0 Å². The third-order valence-electron chi connectivity index (χ3n) is 2.94. The van der Waals surface area contributed by atoms with Gasteiger partial charge in [-0.15, -0.1) is 0 Å². The van der Waals surface area contributed by atoms with Gasteiger partial charge in [0.1, 0.15) is 5.78 Å². The Hall–Kier alpha value is -0.370. The van der Waals surface area contributed by atoms with Crippen molar-refractivity contribution in [1.29, 1.82) is 0 Å². The predicted octanol–water partition coefficient (Wildman–Crippen LogP) is 1.31. The number of carbonyl (C=O) groups is 1. The topological polar surface area (TPSA) is 20.3 Å². The van der Waals surface area contributed by atoms with Gasteiger partial charge in [-0.3, -0.25) is 4.79 Å². The third-order valence-corrected chi connectivity index (χ3v) is 2.94. The molecule has 1 heterocycles. The lowest BCUT2D eigenvalue weighted by Crippen LogP contribution is -2.39. The van der Waals surface area contributed by atoms with Crippen LogP contribution in [0.25, 0.3) is 0 Å². The van der Waals surface area contributed by atoms with Crippen molar-refractivity contribution >= 4 is 5.78 Å². The summed E-state index contributed by atoms with van der Waals surface area (Å²) in [5.41, 5.74) is -0.0213. The quantitative estimate of drug-likeness (QED) is 0.569. The highest BCUT2D eigenvalue weighted by molar-refractivity contribution is 5.82. The monoisotopic (exact) mass is 155 g/mol. The second-order valence-electron chi connectivity index (χ2n) is 3.92. The molecule has 1 rings (SSSR count). The van der Waals surface area contributed by atoms with Crippen molar-refractivity contribution in [3.05, 3.63) is 0 Å². The maximum absolute atomic E-state index is 11.2. The van der Waals surface area contributed by atoms with Crippen molar-refractivity contribution in [1.82, 2.24) is 4.90 Å². The van der Waals surface area contributed by atoms with E-state index in [1.54, 1.807) is 6.92 Å². The molecule has 64 valence electrons. The molecule has 0 atom stereocenters. The number of carbonyl (C=O) groups excluding carboxylic acids is 1. The van der Waals surface area contributed by atoms with E-state index in [1.807, 2.05) is 0 Å². The van der Waals surface area contributed by atoms with Gasteiger partial charge in [-0.25, -0.2) is 0 Å². The molecule has 0 N–H and O–H groups in total. The second kappa shape index (κ2) is 2.94. The molecule has 1 aliphatic heterocycles. The molecule has 0 aromatic heterocycles. The molecule has 11 heavy (non-hydrogen) atoms. The molecule has 1 aliphatic rings. The first kappa shape index (κ1) is 8.72. The summed E-state index contributed by atoms with van der Waals surface area (Å²) in [6.45, 7) is 5.93. The molecule has 0 amide bonds. The van der Waals surface area contributed by atoms with Crippen LogP contribution in [0.1, 0.15) is 26.7 Å². The van der Waals surface area contributed by atoms with E-state index in [-0.39, 0.29) is 5.41 Å². The van der Waals surface area contributed by atoms with Crippen LogP contribution in [-0.2, 0) is 4.79 Å². The Morgan fingerprint density at radius 1 is 1.36 bits per heavy atom. The Labute approximate surface area is 68.6 Å².